The lowest BCUT2D eigenvalue weighted by atomic mass is 9.99. The van der Waals surface area contributed by atoms with Gasteiger partial charge in [0.1, 0.15) is 0 Å². The van der Waals surface area contributed by atoms with Crippen molar-refractivity contribution in [2.24, 2.45) is 5.92 Å². The first-order valence-electron chi connectivity index (χ1n) is 5.34. The Morgan fingerprint density at radius 2 is 2.29 bits per heavy atom. The predicted molar refractivity (Wildman–Crippen MR) is 59.3 cm³/mol. The zero-order valence-corrected chi connectivity index (χ0v) is 9.62. The fourth-order valence-corrected chi connectivity index (χ4v) is 1.61. The van der Waals surface area contributed by atoms with Crippen LogP contribution in [0.1, 0.15) is 26.0 Å². The Balaban J connectivity index is 2.56. The summed E-state index contributed by atoms with van der Waals surface area (Å²) in [4.78, 5) is 0. The maximum Gasteiger partial charge on any atom is 0.0593 e. The van der Waals surface area contributed by atoms with Crippen molar-refractivity contribution in [1.82, 2.24) is 15.1 Å². The van der Waals surface area contributed by atoms with E-state index in [1.807, 2.05) is 30.9 Å². The molecule has 0 saturated carbocycles. The van der Waals surface area contributed by atoms with Crippen molar-refractivity contribution < 1.29 is 0 Å². The van der Waals surface area contributed by atoms with Crippen LogP contribution in [0, 0.1) is 12.8 Å². The van der Waals surface area contributed by atoms with Gasteiger partial charge in [-0.05, 0) is 26.0 Å². The van der Waals surface area contributed by atoms with Crippen molar-refractivity contribution in [3.8, 4) is 0 Å². The molecule has 2 unspecified atom stereocenters. The molecule has 0 aliphatic carbocycles. The average Bonchev–Trinajstić information content (AvgIpc) is 2.59. The molecule has 0 spiro atoms. The molecule has 0 aliphatic heterocycles. The first kappa shape index (κ1) is 11.2. The van der Waals surface area contributed by atoms with Crippen molar-refractivity contribution >= 4 is 0 Å². The van der Waals surface area contributed by atoms with Crippen LogP contribution in [0.15, 0.2) is 12.3 Å². The van der Waals surface area contributed by atoms with E-state index in [0.29, 0.717) is 12.0 Å². The molecular weight excluding hydrogens is 174 g/mol. The number of likely N-dealkylation sites (N-methyl/N-ethyl adjacent to an activating group) is 1. The second-order valence-electron chi connectivity index (χ2n) is 3.96. The minimum absolute atomic E-state index is 0.513. The van der Waals surface area contributed by atoms with Crippen molar-refractivity contribution in [1.29, 1.82) is 0 Å². The van der Waals surface area contributed by atoms with E-state index in [1.54, 1.807) is 0 Å². The lowest BCUT2D eigenvalue weighted by molar-refractivity contribution is 0.335. The van der Waals surface area contributed by atoms with E-state index in [1.165, 1.54) is 6.42 Å². The third kappa shape index (κ3) is 2.84. The molecule has 1 aromatic rings. The van der Waals surface area contributed by atoms with Crippen LogP contribution >= 0.6 is 0 Å². The van der Waals surface area contributed by atoms with Gasteiger partial charge >= 0.3 is 0 Å². The van der Waals surface area contributed by atoms with E-state index in [9.17, 15) is 0 Å². The van der Waals surface area contributed by atoms with E-state index >= 15 is 0 Å². The van der Waals surface area contributed by atoms with Gasteiger partial charge in [-0.3, -0.25) is 4.68 Å². The smallest absolute Gasteiger partial charge is 0.0593 e. The van der Waals surface area contributed by atoms with Gasteiger partial charge in [0.05, 0.1) is 12.2 Å². The minimum Gasteiger partial charge on any atom is -0.315 e. The summed E-state index contributed by atoms with van der Waals surface area (Å²) in [5, 5.41) is 7.74. The highest BCUT2D eigenvalue weighted by Crippen LogP contribution is 2.09. The maximum atomic E-state index is 4.39. The van der Waals surface area contributed by atoms with Crippen LogP contribution < -0.4 is 5.32 Å². The highest BCUT2D eigenvalue weighted by Gasteiger charge is 2.14. The van der Waals surface area contributed by atoms with Gasteiger partial charge in [-0.15, -0.1) is 0 Å². The molecule has 3 nitrogen and oxygen atoms in total. The molecule has 2 atom stereocenters. The SMILES string of the molecule is CCC(C)C(Cn1ccc(C)n1)NC. The van der Waals surface area contributed by atoms with Gasteiger partial charge in [0.2, 0.25) is 0 Å². The van der Waals surface area contributed by atoms with E-state index in [-0.39, 0.29) is 0 Å². The molecule has 80 valence electrons. The van der Waals surface area contributed by atoms with Gasteiger partial charge in [-0.25, -0.2) is 0 Å². The third-order valence-electron chi connectivity index (χ3n) is 2.86. The molecule has 0 aliphatic rings. The van der Waals surface area contributed by atoms with Crippen LogP contribution in [0.5, 0.6) is 0 Å². The number of nitrogens with one attached hydrogen (secondary N) is 1. The Bertz CT molecular complexity index is 267. The van der Waals surface area contributed by atoms with Crippen LogP contribution in [0.3, 0.4) is 0 Å². The topological polar surface area (TPSA) is 29.9 Å². The van der Waals surface area contributed by atoms with Gasteiger partial charge in [-0.1, -0.05) is 20.3 Å². The molecule has 0 amide bonds. The van der Waals surface area contributed by atoms with Gasteiger partial charge < -0.3 is 5.32 Å². The molecule has 0 radical (unpaired) electrons. The number of aryl methyl sites for hydroxylation is 1. The fourth-order valence-electron chi connectivity index (χ4n) is 1.61. The van der Waals surface area contributed by atoms with Crippen molar-refractivity contribution in [3.05, 3.63) is 18.0 Å². The number of rotatable bonds is 5. The summed E-state index contributed by atoms with van der Waals surface area (Å²) in [7, 11) is 2.02. The predicted octanol–water partition coefficient (Wildman–Crippen LogP) is 1.83. The van der Waals surface area contributed by atoms with Crippen LogP contribution in [0.25, 0.3) is 0 Å². The highest BCUT2D eigenvalue weighted by atomic mass is 15.3. The van der Waals surface area contributed by atoms with Gasteiger partial charge in [0, 0.05) is 12.2 Å². The van der Waals surface area contributed by atoms with Crippen LogP contribution in [0.4, 0.5) is 0 Å². The summed E-state index contributed by atoms with van der Waals surface area (Å²) in [5.41, 5.74) is 1.09. The van der Waals surface area contributed by atoms with Gasteiger partial charge in [-0.2, -0.15) is 5.10 Å². The Morgan fingerprint density at radius 1 is 1.57 bits per heavy atom. The molecule has 14 heavy (non-hydrogen) atoms. The van der Waals surface area contributed by atoms with Crippen molar-refractivity contribution in [3.63, 3.8) is 0 Å². The molecule has 0 bridgehead atoms. The van der Waals surface area contributed by atoms with Crippen LogP contribution in [-0.2, 0) is 6.54 Å². The fraction of sp³-hybridized carbons (Fsp3) is 0.727. The Hall–Kier alpha value is -0.830. The molecule has 1 heterocycles. The minimum atomic E-state index is 0.513. The second-order valence-corrected chi connectivity index (χ2v) is 3.96. The molecule has 1 rings (SSSR count). The summed E-state index contributed by atoms with van der Waals surface area (Å²) in [6.45, 7) is 7.48. The number of hydrogen-bond donors (Lipinski definition) is 1. The Labute approximate surface area is 86.5 Å². The second kappa shape index (κ2) is 5.15. The zero-order chi connectivity index (χ0) is 10.6. The quantitative estimate of drug-likeness (QED) is 0.776. The van der Waals surface area contributed by atoms with E-state index in [0.717, 1.165) is 12.2 Å². The number of nitrogens with zero attached hydrogens (tertiary/aromatic N) is 2. The first-order valence-corrected chi connectivity index (χ1v) is 5.34. The van der Waals surface area contributed by atoms with Gasteiger partial charge in [0.25, 0.3) is 0 Å². The third-order valence-corrected chi connectivity index (χ3v) is 2.86. The monoisotopic (exact) mass is 195 g/mol. The lowest BCUT2D eigenvalue weighted by Gasteiger charge is -2.22. The Morgan fingerprint density at radius 3 is 2.71 bits per heavy atom. The maximum absolute atomic E-state index is 4.39. The Kier molecular flexibility index (Phi) is 4.14. The van der Waals surface area contributed by atoms with Gasteiger partial charge in [0.15, 0.2) is 0 Å². The van der Waals surface area contributed by atoms with E-state index in [4.69, 9.17) is 0 Å². The summed E-state index contributed by atoms with van der Waals surface area (Å²) in [6, 6.07) is 2.56. The van der Waals surface area contributed by atoms with Crippen molar-refractivity contribution in [2.45, 2.75) is 39.8 Å². The van der Waals surface area contributed by atoms with Crippen LogP contribution in [0.2, 0.25) is 0 Å². The molecule has 1 N–H and O–H groups in total. The average molecular weight is 195 g/mol. The number of aromatic nitrogens is 2. The highest BCUT2D eigenvalue weighted by molar-refractivity contribution is 4.95. The summed E-state index contributed by atoms with van der Waals surface area (Å²) in [5.74, 6) is 0.685. The molecule has 3 heteroatoms. The molecule has 1 aromatic heterocycles. The largest absolute Gasteiger partial charge is 0.315 e. The normalized spacial score (nSPS) is 15.4. The zero-order valence-electron chi connectivity index (χ0n) is 9.62. The summed E-state index contributed by atoms with van der Waals surface area (Å²) in [6.07, 6.45) is 3.24. The molecule has 0 fully saturated rings. The van der Waals surface area contributed by atoms with E-state index in [2.05, 4.69) is 24.3 Å². The molecule has 0 aromatic carbocycles. The molecular formula is C11H21N3. The van der Waals surface area contributed by atoms with Crippen LogP contribution in [-0.4, -0.2) is 22.9 Å². The van der Waals surface area contributed by atoms with Crippen molar-refractivity contribution in [2.75, 3.05) is 7.05 Å². The lowest BCUT2D eigenvalue weighted by Crippen LogP contribution is -2.36. The summed E-state index contributed by atoms with van der Waals surface area (Å²) < 4.78 is 2.02. The summed E-state index contributed by atoms with van der Waals surface area (Å²) >= 11 is 0. The van der Waals surface area contributed by atoms with E-state index < -0.39 is 0 Å². The standard InChI is InChI=1S/C11H21N3/c1-5-9(2)11(12-4)8-14-7-6-10(3)13-14/h6-7,9,11-12H,5,8H2,1-4H3. The number of hydrogen-bond acceptors (Lipinski definition) is 2. The first-order chi connectivity index (χ1) is 6.67. The molecule has 0 saturated heterocycles.